The Morgan fingerprint density at radius 3 is 2.18 bits per heavy atom. The number of phenols is 1. The molecule has 2 rings (SSSR count). The van der Waals surface area contributed by atoms with E-state index in [-0.39, 0.29) is 11.4 Å². The van der Waals surface area contributed by atoms with Crippen LogP contribution in [-0.4, -0.2) is 16.9 Å². The average molecular weight is 306 g/mol. The molecular weight excluding hydrogens is 294 g/mol. The second kappa shape index (κ2) is 6.21. The van der Waals surface area contributed by atoms with Crippen LogP contribution in [0.25, 0.3) is 0 Å². The number of hydrogen-bond acceptors (Lipinski definition) is 3. The number of carbonyl (C=O) groups excluding carboxylic acids is 2. The van der Waals surface area contributed by atoms with E-state index in [0.29, 0.717) is 0 Å². The van der Waals surface area contributed by atoms with E-state index in [9.17, 15) is 23.5 Å². The van der Waals surface area contributed by atoms with Gasteiger partial charge in [0.15, 0.2) is 0 Å². The van der Waals surface area contributed by atoms with Crippen molar-refractivity contribution in [1.82, 2.24) is 0 Å². The molecule has 2 amide bonds. The maximum absolute atomic E-state index is 13.4. The normalized spacial score (nSPS) is 10.1. The number of phenolic OH excluding ortho intramolecular Hbond substituents is 1. The predicted octanol–water partition coefficient (Wildman–Crippen LogP) is 2.56. The second-order valence-corrected chi connectivity index (χ2v) is 4.53. The minimum atomic E-state index is -1.26. The predicted molar refractivity (Wildman–Crippen MR) is 76.5 cm³/mol. The third kappa shape index (κ3) is 3.38. The summed E-state index contributed by atoms with van der Waals surface area (Å²) in [6.07, 6.45) is 0. The van der Waals surface area contributed by atoms with Crippen molar-refractivity contribution >= 4 is 23.2 Å². The Labute approximate surface area is 124 Å². The first-order chi connectivity index (χ1) is 10.4. The zero-order valence-corrected chi connectivity index (χ0v) is 11.5. The highest BCUT2D eigenvalue weighted by Crippen LogP contribution is 2.24. The van der Waals surface area contributed by atoms with E-state index < -0.39 is 29.1 Å². The largest absolute Gasteiger partial charge is 0.506 e. The van der Waals surface area contributed by atoms with E-state index in [1.54, 1.807) is 13.0 Å². The van der Waals surface area contributed by atoms with Crippen LogP contribution < -0.4 is 10.6 Å². The quantitative estimate of drug-likeness (QED) is 0.589. The van der Waals surface area contributed by atoms with Gasteiger partial charge in [-0.25, -0.2) is 8.78 Å². The van der Waals surface area contributed by atoms with Crippen molar-refractivity contribution in [2.75, 3.05) is 10.6 Å². The maximum atomic E-state index is 13.4. The second-order valence-electron chi connectivity index (χ2n) is 4.53. The zero-order valence-electron chi connectivity index (χ0n) is 11.5. The van der Waals surface area contributed by atoms with E-state index in [1.807, 2.05) is 5.32 Å². The molecule has 0 aliphatic carbocycles. The van der Waals surface area contributed by atoms with E-state index in [2.05, 4.69) is 5.32 Å². The minimum Gasteiger partial charge on any atom is -0.506 e. The summed E-state index contributed by atoms with van der Waals surface area (Å²) in [6.45, 7) is 1.74. The van der Waals surface area contributed by atoms with Gasteiger partial charge in [-0.2, -0.15) is 0 Å². The first kappa shape index (κ1) is 15.4. The summed E-state index contributed by atoms with van der Waals surface area (Å²) in [4.78, 5) is 23.4. The van der Waals surface area contributed by atoms with E-state index in [4.69, 9.17) is 0 Å². The Kier molecular flexibility index (Phi) is 4.36. The molecule has 2 aromatic carbocycles. The molecule has 114 valence electrons. The molecule has 0 saturated carbocycles. The van der Waals surface area contributed by atoms with Gasteiger partial charge in [-0.1, -0.05) is 12.1 Å². The molecule has 0 saturated heterocycles. The standard InChI is InChI=1S/C15H12F2N2O3/c1-8-5-6-11(12(20)7-8)18-14(21)15(22)19-13-9(16)3-2-4-10(13)17/h2-7,20H,1H3,(H,18,21)(H,19,22). The number of anilines is 2. The third-order valence-electron chi connectivity index (χ3n) is 2.81. The molecule has 0 atom stereocenters. The highest BCUT2D eigenvalue weighted by atomic mass is 19.1. The SMILES string of the molecule is Cc1ccc(NC(=O)C(=O)Nc2c(F)cccc2F)c(O)c1. The van der Waals surface area contributed by atoms with Crippen molar-refractivity contribution in [3.05, 3.63) is 53.6 Å². The molecular formula is C15H12F2N2O3. The summed E-state index contributed by atoms with van der Waals surface area (Å²) in [5.41, 5.74) is 0.0592. The van der Waals surface area contributed by atoms with Gasteiger partial charge in [0.05, 0.1) is 5.69 Å². The molecule has 0 spiro atoms. The van der Waals surface area contributed by atoms with Crippen LogP contribution >= 0.6 is 0 Å². The number of nitrogens with one attached hydrogen (secondary N) is 2. The lowest BCUT2D eigenvalue weighted by Crippen LogP contribution is -2.29. The number of hydrogen-bond donors (Lipinski definition) is 3. The van der Waals surface area contributed by atoms with Gasteiger partial charge in [-0.15, -0.1) is 0 Å². The fourth-order valence-corrected chi connectivity index (χ4v) is 1.71. The molecule has 0 unspecified atom stereocenters. The van der Waals surface area contributed by atoms with Gasteiger partial charge in [0.25, 0.3) is 0 Å². The van der Waals surface area contributed by atoms with Crippen LogP contribution in [0.4, 0.5) is 20.2 Å². The monoisotopic (exact) mass is 306 g/mol. The Morgan fingerprint density at radius 2 is 1.59 bits per heavy atom. The molecule has 0 bridgehead atoms. The van der Waals surface area contributed by atoms with Crippen LogP contribution in [0.3, 0.4) is 0 Å². The molecule has 0 heterocycles. The number of para-hydroxylation sites is 1. The maximum Gasteiger partial charge on any atom is 0.314 e. The number of halogens is 2. The molecule has 0 aromatic heterocycles. The lowest BCUT2D eigenvalue weighted by Gasteiger charge is -2.09. The van der Waals surface area contributed by atoms with Crippen molar-refractivity contribution in [3.8, 4) is 5.75 Å². The van der Waals surface area contributed by atoms with E-state index >= 15 is 0 Å². The molecule has 5 nitrogen and oxygen atoms in total. The fraction of sp³-hybridized carbons (Fsp3) is 0.0667. The number of amides is 2. The summed E-state index contributed by atoms with van der Waals surface area (Å²) in [6, 6.07) is 7.43. The molecule has 0 aliphatic heterocycles. The summed E-state index contributed by atoms with van der Waals surface area (Å²) >= 11 is 0. The van der Waals surface area contributed by atoms with Gasteiger partial charge < -0.3 is 15.7 Å². The smallest absolute Gasteiger partial charge is 0.314 e. The molecule has 22 heavy (non-hydrogen) atoms. The van der Waals surface area contributed by atoms with Crippen molar-refractivity contribution in [3.63, 3.8) is 0 Å². The molecule has 0 radical (unpaired) electrons. The van der Waals surface area contributed by atoms with Crippen molar-refractivity contribution in [1.29, 1.82) is 0 Å². The van der Waals surface area contributed by atoms with E-state index in [1.165, 1.54) is 12.1 Å². The summed E-state index contributed by atoms with van der Waals surface area (Å²) in [5.74, 6) is -4.65. The molecule has 3 N–H and O–H groups in total. The number of carbonyl (C=O) groups is 2. The summed E-state index contributed by atoms with van der Waals surface area (Å²) < 4.78 is 26.8. The van der Waals surface area contributed by atoms with Gasteiger partial charge in [0.2, 0.25) is 0 Å². The van der Waals surface area contributed by atoms with Crippen molar-refractivity contribution in [2.24, 2.45) is 0 Å². The van der Waals surface area contributed by atoms with Crippen LogP contribution in [0.1, 0.15) is 5.56 Å². The third-order valence-corrected chi connectivity index (χ3v) is 2.81. The topological polar surface area (TPSA) is 78.4 Å². The minimum absolute atomic E-state index is 0.0137. The summed E-state index contributed by atoms with van der Waals surface area (Å²) in [7, 11) is 0. The first-order valence-corrected chi connectivity index (χ1v) is 6.24. The number of aryl methyl sites for hydroxylation is 1. The lowest BCUT2D eigenvalue weighted by molar-refractivity contribution is -0.133. The van der Waals surface area contributed by atoms with Gasteiger partial charge in [0, 0.05) is 0 Å². The average Bonchev–Trinajstić information content (AvgIpc) is 2.45. The zero-order chi connectivity index (χ0) is 16.3. The van der Waals surface area contributed by atoms with Crippen molar-refractivity contribution < 1.29 is 23.5 Å². The highest BCUT2D eigenvalue weighted by Gasteiger charge is 2.19. The van der Waals surface area contributed by atoms with Gasteiger partial charge in [-0.3, -0.25) is 9.59 Å². The van der Waals surface area contributed by atoms with Crippen LogP contribution in [0.15, 0.2) is 36.4 Å². The fourth-order valence-electron chi connectivity index (χ4n) is 1.71. The molecule has 7 heteroatoms. The van der Waals surface area contributed by atoms with Crippen LogP contribution in [0.5, 0.6) is 5.75 Å². The van der Waals surface area contributed by atoms with E-state index in [0.717, 1.165) is 23.8 Å². The van der Waals surface area contributed by atoms with Crippen LogP contribution in [0.2, 0.25) is 0 Å². The highest BCUT2D eigenvalue weighted by molar-refractivity contribution is 6.43. The Bertz CT molecular complexity index is 727. The Balaban J connectivity index is 2.11. The number of rotatable bonds is 2. The Morgan fingerprint density at radius 1 is 1.00 bits per heavy atom. The molecule has 2 aromatic rings. The number of aromatic hydroxyl groups is 1. The first-order valence-electron chi connectivity index (χ1n) is 6.24. The molecule has 0 aliphatic rings. The van der Waals surface area contributed by atoms with Gasteiger partial charge in [0.1, 0.15) is 23.1 Å². The Hall–Kier alpha value is -2.96. The molecule has 0 fully saturated rings. The van der Waals surface area contributed by atoms with Crippen molar-refractivity contribution in [2.45, 2.75) is 6.92 Å². The van der Waals surface area contributed by atoms with Crippen LogP contribution in [0, 0.1) is 18.6 Å². The van der Waals surface area contributed by atoms with Gasteiger partial charge >= 0.3 is 11.8 Å². The van der Waals surface area contributed by atoms with Crippen LogP contribution in [-0.2, 0) is 9.59 Å². The van der Waals surface area contributed by atoms with Gasteiger partial charge in [-0.05, 0) is 36.8 Å². The number of benzene rings is 2. The summed E-state index contributed by atoms with van der Waals surface area (Å²) in [5, 5.41) is 13.6. The lowest BCUT2D eigenvalue weighted by atomic mass is 10.2.